The normalized spacial score (nSPS) is 11.2. The molecule has 1 aromatic carbocycles. The van der Waals surface area contributed by atoms with Crippen LogP contribution in [0, 0.1) is 0 Å². The Labute approximate surface area is 71.8 Å². The van der Waals surface area contributed by atoms with Gasteiger partial charge in [0.25, 0.3) is 0 Å². The minimum absolute atomic E-state index is 0.223. The van der Waals surface area contributed by atoms with E-state index in [0.717, 1.165) is 11.8 Å². The third-order valence-electron chi connectivity index (χ3n) is 1.91. The van der Waals surface area contributed by atoms with Crippen molar-refractivity contribution in [2.24, 2.45) is 0 Å². The van der Waals surface area contributed by atoms with E-state index in [-0.39, 0.29) is 5.75 Å². The number of phenolic OH excluding ortho intramolecular Hbond substituents is 1. The lowest BCUT2D eigenvalue weighted by Crippen LogP contribution is -2.18. The van der Waals surface area contributed by atoms with Crippen LogP contribution in [0.25, 0.3) is 0 Å². The Hall–Kier alpha value is -1.31. The molecule has 0 aliphatic heterocycles. The van der Waals surface area contributed by atoms with Gasteiger partial charge in [-0.3, -0.25) is 0 Å². The van der Waals surface area contributed by atoms with Gasteiger partial charge in [-0.2, -0.15) is 0 Å². The largest absolute Gasteiger partial charge is 0.508 e. The fourth-order valence-electron chi connectivity index (χ4n) is 0.959. The molecule has 0 heterocycles. The number of rotatable bonds is 2. The molecule has 0 aromatic heterocycles. The second-order valence-electron chi connectivity index (χ2n) is 3.39. The molecule has 1 rings (SSSR count). The maximum Gasteiger partial charge on any atom is 0.129 e. The number of hydrogen-bond donors (Lipinski definition) is 1. The van der Waals surface area contributed by atoms with Gasteiger partial charge in [0, 0.05) is 5.41 Å². The van der Waals surface area contributed by atoms with Crippen LogP contribution in [0.15, 0.2) is 24.3 Å². The maximum absolute atomic E-state index is 10.6. The van der Waals surface area contributed by atoms with Gasteiger partial charge in [0.2, 0.25) is 0 Å². The van der Waals surface area contributed by atoms with Crippen molar-refractivity contribution in [3.8, 4) is 5.75 Å². The quantitative estimate of drug-likeness (QED) is 0.677. The van der Waals surface area contributed by atoms with Crippen molar-refractivity contribution < 1.29 is 9.90 Å². The SMILES string of the molecule is CC(C)(C=O)c1ccc(O)cc1. The fraction of sp³-hybridized carbons (Fsp3) is 0.300. The molecular formula is C10H12O2. The summed E-state index contributed by atoms with van der Waals surface area (Å²) in [5.41, 5.74) is 0.448. The summed E-state index contributed by atoms with van der Waals surface area (Å²) in [7, 11) is 0. The Morgan fingerprint density at radius 1 is 1.25 bits per heavy atom. The Bertz CT molecular complexity index is 272. The van der Waals surface area contributed by atoms with E-state index in [9.17, 15) is 4.79 Å². The van der Waals surface area contributed by atoms with Gasteiger partial charge in [-0.1, -0.05) is 12.1 Å². The van der Waals surface area contributed by atoms with Crippen LogP contribution in [0.2, 0.25) is 0 Å². The number of phenols is 1. The first kappa shape index (κ1) is 8.78. The standard InChI is InChI=1S/C10H12O2/c1-10(2,7-11)8-3-5-9(12)6-4-8/h3-7,12H,1-2H3. The monoisotopic (exact) mass is 164 g/mol. The lowest BCUT2D eigenvalue weighted by Gasteiger charge is -2.16. The van der Waals surface area contributed by atoms with Gasteiger partial charge in [0.05, 0.1) is 0 Å². The zero-order chi connectivity index (χ0) is 9.19. The first-order chi connectivity index (χ1) is 5.56. The van der Waals surface area contributed by atoms with E-state index >= 15 is 0 Å². The minimum atomic E-state index is -0.465. The highest BCUT2D eigenvalue weighted by Gasteiger charge is 2.18. The van der Waals surface area contributed by atoms with E-state index in [0.29, 0.717) is 0 Å². The summed E-state index contributed by atoms with van der Waals surface area (Å²) in [6.45, 7) is 3.68. The molecule has 0 fully saturated rings. The molecule has 12 heavy (non-hydrogen) atoms. The molecule has 0 radical (unpaired) electrons. The smallest absolute Gasteiger partial charge is 0.129 e. The average Bonchev–Trinajstić information content (AvgIpc) is 2.05. The Balaban J connectivity index is 3.04. The highest BCUT2D eigenvalue weighted by atomic mass is 16.3. The van der Waals surface area contributed by atoms with Gasteiger partial charge in [-0.15, -0.1) is 0 Å². The van der Waals surface area contributed by atoms with Crippen molar-refractivity contribution in [1.29, 1.82) is 0 Å². The van der Waals surface area contributed by atoms with Crippen molar-refractivity contribution in [2.75, 3.05) is 0 Å². The molecule has 2 heteroatoms. The molecular weight excluding hydrogens is 152 g/mol. The predicted octanol–water partition coefficient (Wildman–Crippen LogP) is 1.87. The lowest BCUT2D eigenvalue weighted by molar-refractivity contribution is -0.111. The third kappa shape index (κ3) is 1.64. The zero-order valence-corrected chi connectivity index (χ0v) is 7.24. The summed E-state index contributed by atoms with van der Waals surface area (Å²) in [4.78, 5) is 10.6. The second kappa shape index (κ2) is 2.97. The maximum atomic E-state index is 10.6. The van der Waals surface area contributed by atoms with Crippen molar-refractivity contribution in [3.63, 3.8) is 0 Å². The minimum Gasteiger partial charge on any atom is -0.508 e. The molecule has 0 aliphatic carbocycles. The third-order valence-corrected chi connectivity index (χ3v) is 1.91. The Morgan fingerprint density at radius 3 is 2.17 bits per heavy atom. The fourth-order valence-corrected chi connectivity index (χ4v) is 0.959. The number of aldehydes is 1. The molecule has 1 aromatic rings. The van der Waals surface area contributed by atoms with Crippen LogP contribution in [0.3, 0.4) is 0 Å². The van der Waals surface area contributed by atoms with E-state index in [1.165, 1.54) is 0 Å². The molecule has 2 nitrogen and oxygen atoms in total. The highest BCUT2D eigenvalue weighted by Crippen LogP contribution is 2.22. The molecule has 0 unspecified atom stereocenters. The van der Waals surface area contributed by atoms with Crippen LogP contribution in [0.1, 0.15) is 19.4 Å². The second-order valence-corrected chi connectivity index (χ2v) is 3.39. The van der Waals surface area contributed by atoms with Gasteiger partial charge in [0.1, 0.15) is 12.0 Å². The molecule has 0 atom stereocenters. The molecule has 1 N–H and O–H groups in total. The Kier molecular flexibility index (Phi) is 2.18. The van der Waals surface area contributed by atoms with Crippen molar-refractivity contribution >= 4 is 6.29 Å². The topological polar surface area (TPSA) is 37.3 Å². The van der Waals surface area contributed by atoms with E-state index in [1.54, 1.807) is 24.3 Å². The van der Waals surface area contributed by atoms with Gasteiger partial charge in [0.15, 0.2) is 0 Å². The summed E-state index contributed by atoms with van der Waals surface area (Å²) in [6, 6.07) is 6.68. The van der Waals surface area contributed by atoms with Crippen molar-refractivity contribution in [3.05, 3.63) is 29.8 Å². The summed E-state index contributed by atoms with van der Waals surface area (Å²) in [5.74, 6) is 0.223. The summed E-state index contributed by atoms with van der Waals surface area (Å²) >= 11 is 0. The van der Waals surface area contributed by atoms with Crippen LogP contribution in [-0.2, 0) is 10.2 Å². The van der Waals surface area contributed by atoms with E-state index in [4.69, 9.17) is 5.11 Å². The average molecular weight is 164 g/mol. The molecule has 0 aliphatic rings. The number of aromatic hydroxyl groups is 1. The van der Waals surface area contributed by atoms with Gasteiger partial charge < -0.3 is 9.90 Å². The first-order valence-electron chi connectivity index (χ1n) is 3.82. The van der Waals surface area contributed by atoms with Crippen LogP contribution in [-0.4, -0.2) is 11.4 Å². The van der Waals surface area contributed by atoms with Gasteiger partial charge in [-0.25, -0.2) is 0 Å². The number of benzene rings is 1. The van der Waals surface area contributed by atoms with Crippen LogP contribution < -0.4 is 0 Å². The molecule has 0 saturated carbocycles. The molecule has 0 bridgehead atoms. The lowest BCUT2D eigenvalue weighted by atomic mass is 9.86. The van der Waals surface area contributed by atoms with Crippen molar-refractivity contribution in [2.45, 2.75) is 19.3 Å². The molecule has 0 amide bonds. The van der Waals surface area contributed by atoms with Crippen molar-refractivity contribution in [1.82, 2.24) is 0 Å². The first-order valence-corrected chi connectivity index (χ1v) is 3.82. The molecule has 64 valence electrons. The number of carbonyl (C=O) groups excluding carboxylic acids is 1. The van der Waals surface area contributed by atoms with Crippen LogP contribution >= 0.6 is 0 Å². The van der Waals surface area contributed by atoms with Gasteiger partial charge >= 0.3 is 0 Å². The number of hydrogen-bond acceptors (Lipinski definition) is 2. The molecule has 0 spiro atoms. The van der Waals surface area contributed by atoms with E-state index in [2.05, 4.69) is 0 Å². The summed E-state index contributed by atoms with van der Waals surface area (Å²) in [5, 5.41) is 9.01. The summed E-state index contributed by atoms with van der Waals surface area (Å²) < 4.78 is 0. The Morgan fingerprint density at radius 2 is 1.75 bits per heavy atom. The van der Waals surface area contributed by atoms with E-state index < -0.39 is 5.41 Å². The number of carbonyl (C=O) groups is 1. The van der Waals surface area contributed by atoms with Crippen LogP contribution in [0.5, 0.6) is 5.75 Å². The zero-order valence-electron chi connectivity index (χ0n) is 7.24. The van der Waals surface area contributed by atoms with Gasteiger partial charge in [-0.05, 0) is 31.5 Å². The highest BCUT2D eigenvalue weighted by molar-refractivity contribution is 5.67. The van der Waals surface area contributed by atoms with E-state index in [1.807, 2.05) is 13.8 Å². The van der Waals surface area contributed by atoms with Crippen LogP contribution in [0.4, 0.5) is 0 Å². The molecule has 0 saturated heterocycles. The summed E-state index contributed by atoms with van der Waals surface area (Å²) in [6.07, 6.45) is 0.902. The predicted molar refractivity (Wildman–Crippen MR) is 47.2 cm³/mol.